The third-order valence-corrected chi connectivity index (χ3v) is 2.79. The molecule has 0 aliphatic carbocycles. The van der Waals surface area contributed by atoms with Crippen LogP contribution in [0, 0.1) is 0 Å². The maximum Gasteiger partial charge on any atom is 0.307 e. The van der Waals surface area contributed by atoms with Gasteiger partial charge in [0, 0.05) is 20.2 Å². The highest BCUT2D eigenvalue weighted by Crippen LogP contribution is 2.14. The van der Waals surface area contributed by atoms with Crippen molar-refractivity contribution in [3.05, 3.63) is 0 Å². The van der Waals surface area contributed by atoms with Gasteiger partial charge in [-0.25, -0.2) is 0 Å². The Bertz CT molecular complexity index is 261. The van der Waals surface area contributed by atoms with E-state index in [0.717, 1.165) is 19.3 Å². The predicted molar refractivity (Wildman–Crippen MR) is 62.5 cm³/mol. The van der Waals surface area contributed by atoms with Gasteiger partial charge in [-0.2, -0.15) is 0 Å². The summed E-state index contributed by atoms with van der Waals surface area (Å²) in [6.07, 6.45) is 2.75. The first-order chi connectivity index (χ1) is 8.15. The molecule has 0 aromatic carbocycles. The SMILES string of the molecule is CCOC(=O)CCN(C)C(=O)C1CCCCO1. The van der Waals surface area contributed by atoms with E-state index in [-0.39, 0.29) is 24.4 Å². The third-order valence-electron chi connectivity index (χ3n) is 2.79. The zero-order valence-corrected chi connectivity index (χ0v) is 10.6. The van der Waals surface area contributed by atoms with Crippen molar-refractivity contribution in [2.24, 2.45) is 0 Å². The van der Waals surface area contributed by atoms with E-state index in [1.807, 2.05) is 0 Å². The van der Waals surface area contributed by atoms with Gasteiger partial charge in [-0.05, 0) is 26.2 Å². The van der Waals surface area contributed by atoms with Gasteiger partial charge >= 0.3 is 5.97 Å². The molecule has 0 aromatic heterocycles. The number of amides is 1. The van der Waals surface area contributed by atoms with Gasteiger partial charge in [0.1, 0.15) is 6.10 Å². The lowest BCUT2D eigenvalue weighted by Crippen LogP contribution is -2.40. The maximum absolute atomic E-state index is 11.9. The van der Waals surface area contributed by atoms with Crippen LogP contribution in [0.3, 0.4) is 0 Å². The smallest absolute Gasteiger partial charge is 0.307 e. The molecule has 1 fully saturated rings. The van der Waals surface area contributed by atoms with Crippen LogP contribution in [0.2, 0.25) is 0 Å². The van der Waals surface area contributed by atoms with Crippen molar-refractivity contribution in [3.63, 3.8) is 0 Å². The summed E-state index contributed by atoms with van der Waals surface area (Å²) >= 11 is 0. The van der Waals surface area contributed by atoms with Crippen LogP contribution >= 0.6 is 0 Å². The van der Waals surface area contributed by atoms with Crippen LogP contribution in [0.15, 0.2) is 0 Å². The van der Waals surface area contributed by atoms with Crippen molar-refractivity contribution < 1.29 is 19.1 Å². The highest BCUT2D eigenvalue weighted by atomic mass is 16.5. The first-order valence-corrected chi connectivity index (χ1v) is 6.17. The molecule has 17 heavy (non-hydrogen) atoms. The zero-order valence-electron chi connectivity index (χ0n) is 10.6. The molecule has 5 nitrogen and oxygen atoms in total. The van der Waals surface area contributed by atoms with E-state index in [9.17, 15) is 9.59 Å². The van der Waals surface area contributed by atoms with E-state index in [2.05, 4.69) is 0 Å². The van der Waals surface area contributed by atoms with Crippen molar-refractivity contribution in [1.29, 1.82) is 0 Å². The zero-order chi connectivity index (χ0) is 12.7. The summed E-state index contributed by atoms with van der Waals surface area (Å²) in [6, 6.07) is 0. The summed E-state index contributed by atoms with van der Waals surface area (Å²) in [5.74, 6) is -0.300. The fourth-order valence-electron chi connectivity index (χ4n) is 1.78. The lowest BCUT2D eigenvalue weighted by molar-refractivity contribution is -0.147. The van der Waals surface area contributed by atoms with Crippen LogP contribution in [0.1, 0.15) is 32.6 Å². The van der Waals surface area contributed by atoms with Gasteiger partial charge in [-0.3, -0.25) is 9.59 Å². The van der Waals surface area contributed by atoms with Crippen LogP contribution < -0.4 is 0 Å². The van der Waals surface area contributed by atoms with Crippen LogP contribution in [-0.4, -0.2) is 49.7 Å². The van der Waals surface area contributed by atoms with Crippen molar-refractivity contribution in [3.8, 4) is 0 Å². The summed E-state index contributed by atoms with van der Waals surface area (Å²) in [7, 11) is 1.69. The molecule has 0 aromatic rings. The lowest BCUT2D eigenvalue weighted by atomic mass is 10.1. The Morgan fingerprint density at radius 1 is 1.41 bits per heavy atom. The number of hydrogen-bond acceptors (Lipinski definition) is 4. The Balaban J connectivity index is 2.28. The minimum absolute atomic E-state index is 0.0333. The maximum atomic E-state index is 11.9. The van der Waals surface area contributed by atoms with Gasteiger partial charge in [0.2, 0.25) is 0 Å². The summed E-state index contributed by atoms with van der Waals surface area (Å²) in [4.78, 5) is 24.6. The Hall–Kier alpha value is -1.10. The van der Waals surface area contributed by atoms with Crippen LogP contribution in [0.5, 0.6) is 0 Å². The molecular weight excluding hydrogens is 222 g/mol. The van der Waals surface area contributed by atoms with Crippen molar-refractivity contribution in [2.75, 3.05) is 26.8 Å². The fourth-order valence-corrected chi connectivity index (χ4v) is 1.78. The van der Waals surface area contributed by atoms with Crippen molar-refractivity contribution in [2.45, 2.75) is 38.7 Å². The molecule has 0 bridgehead atoms. The van der Waals surface area contributed by atoms with E-state index in [4.69, 9.17) is 9.47 Å². The molecule has 5 heteroatoms. The summed E-state index contributed by atoms with van der Waals surface area (Å²) in [5, 5.41) is 0. The number of nitrogens with zero attached hydrogens (tertiary/aromatic N) is 1. The Kier molecular flexibility index (Phi) is 5.97. The van der Waals surface area contributed by atoms with Crippen LogP contribution in [0.4, 0.5) is 0 Å². The molecule has 1 rings (SSSR count). The van der Waals surface area contributed by atoms with Crippen molar-refractivity contribution in [1.82, 2.24) is 4.90 Å². The number of ether oxygens (including phenoxy) is 2. The Morgan fingerprint density at radius 3 is 2.76 bits per heavy atom. The number of esters is 1. The number of carbonyl (C=O) groups is 2. The third kappa shape index (κ3) is 4.73. The molecule has 0 spiro atoms. The first kappa shape index (κ1) is 14.0. The fraction of sp³-hybridized carbons (Fsp3) is 0.833. The van der Waals surface area contributed by atoms with Gasteiger partial charge in [0.15, 0.2) is 0 Å². The molecule has 1 aliphatic heterocycles. The standard InChI is InChI=1S/C12H21NO4/c1-3-16-11(14)7-8-13(2)12(15)10-6-4-5-9-17-10/h10H,3-9H2,1-2H3. The predicted octanol–water partition coefficient (Wildman–Crippen LogP) is 0.967. The van der Waals surface area contributed by atoms with Gasteiger partial charge in [-0.1, -0.05) is 0 Å². The van der Waals surface area contributed by atoms with Gasteiger partial charge in [0.05, 0.1) is 13.0 Å². The Morgan fingerprint density at radius 2 is 2.18 bits per heavy atom. The molecule has 0 saturated carbocycles. The second-order valence-electron chi connectivity index (χ2n) is 4.17. The van der Waals surface area contributed by atoms with Crippen LogP contribution in [0.25, 0.3) is 0 Å². The molecule has 1 amide bonds. The quantitative estimate of drug-likeness (QED) is 0.675. The molecule has 1 saturated heterocycles. The topological polar surface area (TPSA) is 55.8 Å². The number of carbonyl (C=O) groups excluding carboxylic acids is 2. The van der Waals surface area contributed by atoms with Gasteiger partial charge < -0.3 is 14.4 Å². The highest BCUT2D eigenvalue weighted by molar-refractivity contribution is 5.81. The average molecular weight is 243 g/mol. The Labute approximate surface area is 102 Å². The number of rotatable bonds is 5. The lowest BCUT2D eigenvalue weighted by Gasteiger charge is -2.26. The van der Waals surface area contributed by atoms with E-state index >= 15 is 0 Å². The molecule has 1 heterocycles. The monoisotopic (exact) mass is 243 g/mol. The van der Waals surface area contributed by atoms with Crippen LogP contribution in [-0.2, 0) is 19.1 Å². The molecule has 0 radical (unpaired) electrons. The highest BCUT2D eigenvalue weighted by Gasteiger charge is 2.25. The average Bonchev–Trinajstić information content (AvgIpc) is 2.36. The van der Waals surface area contributed by atoms with E-state index < -0.39 is 0 Å². The second kappa shape index (κ2) is 7.27. The minimum atomic E-state index is -0.323. The molecule has 1 atom stereocenters. The molecule has 98 valence electrons. The molecule has 1 aliphatic rings. The molecule has 1 unspecified atom stereocenters. The number of hydrogen-bond donors (Lipinski definition) is 0. The summed E-state index contributed by atoms with van der Waals surface area (Å²) in [5.41, 5.74) is 0. The normalized spacial score (nSPS) is 19.8. The van der Waals surface area contributed by atoms with Crippen molar-refractivity contribution >= 4 is 11.9 Å². The van der Waals surface area contributed by atoms with Gasteiger partial charge in [-0.15, -0.1) is 0 Å². The molecular formula is C12H21NO4. The van der Waals surface area contributed by atoms with E-state index in [1.165, 1.54) is 0 Å². The number of likely N-dealkylation sites (N-methyl/N-ethyl adjacent to an activating group) is 1. The summed E-state index contributed by atoms with van der Waals surface area (Å²) < 4.78 is 10.2. The molecule has 0 N–H and O–H groups in total. The van der Waals surface area contributed by atoms with E-state index in [0.29, 0.717) is 19.8 Å². The summed E-state index contributed by atoms with van der Waals surface area (Å²) in [6.45, 7) is 3.19. The minimum Gasteiger partial charge on any atom is -0.466 e. The first-order valence-electron chi connectivity index (χ1n) is 6.17. The second-order valence-corrected chi connectivity index (χ2v) is 4.17. The van der Waals surface area contributed by atoms with E-state index in [1.54, 1.807) is 18.9 Å². The van der Waals surface area contributed by atoms with Gasteiger partial charge in [0.25, 0.3) is 5.91 Å². The largest absolute Gasteiger partial charge is 0.466 e.